The van der Waals surface area contributed by atoms with Gasteiger partial charge in [0.05, 0.1) is 6.54 Å². The van der Waals surface area contributed by atoms with E-state index in [-0.39, 0.29) is 18.3 Å². The number of hydrogen-bond donors (Lipinski definition) is 2. The Labute approximate surface area is 113 Å². The summed E-state index contributed by atoms with van der Waals surface area (Å²) in [5.74, 6) is -1.06. The van der Waals surface area contributed by atoms with Gasteiger partial charge in [-0.15, -0.1) is 0 Å². The van der Waals surface area contributed by atoms with Gasteiger partial charge in [0.1, 0.15) is 5.82 Å². The molecule has 0 bridgehead atoms. The fraction of sp³-hybridized carbons (Fsp3) is 0.500. The Morgan fingerprint density at radius 2 is 2.21 bits per heavy atom. The van der Waals surface area contributed by atoms with Crippen LogP contribution in [-0.4, -0.2) is 36.1 Å². The molecule has 1 rings (SSSR count). The van der Waals surface area contributed by atoms with Crippen LogP contribution in [0.15, 0.2) is 18.2 Å². The van der Waals surface area contributed by atoms with Gasteiger partial charge in [0, 0.05) is 5.69 Å². The molecule has 0 aliphatic heterocycles. The lowest BCUT2D eigenvalue weighted by atomic mass is 9.92. The topological polar surface area (TPSA) is 66.6 Å². The second kappa shape index (κ2) is 7.09. The van der Waals surface area contributed by atoms with Crippen molar-refractivity contribution in [2.75, 3.05) is 25.9 Å². The Hall–Kier alpha value is -1.62. The smallest absolute Gasteiger partial charge is 0.317 e. The largest absolute Gasteiger partial charge is 0.480 e. The molecule has 0 amide bonds. The molecule has 4 nitrogen and oxygen atoms in total. The van der Waals surface area contributed by atoms with Crippen LogP contribution >= 0.6 is 0 Å². The maximum atomic E-state index is 13.8. The lowest BCUT2D eigenvalue weighted by Gasteiger charge is -2.20. The molecule has 0 radical (unpaired) electrons. The first-order chi connectivity index (χ1) is 8.93. The summed E-state index contributed by atoms with van der Waals surface area (Å²) in [7, 11) is 1.75. The number of rotatable bonds is 7. The highest BCUT2D eigenvalue weighted by atomic mass is 19.1. The molecule has 0 fully saturated rings. The zero-order valence-corrected chi connectivity index (χ0v) is 11.4. The van der Waals surface area contributed by atoms with Crippen molar-refractivity contribution in [3.05, 3.63) is 29.6 Å². The van der Waals surface area contributed by atoms with E-state index in [9.17, 15) is 9.18 Å². The SMILES string of the molecule is CCC(CCN(C)CC(=O)O)c1ccc(N)cc1F. The van der Waals surface area contributed by atoms with Crippen LogP contribution in [0.2, 0.25) is 0 Å². The van der Waals surface area contributed by atoms with Crippen molar-refractivity contribution in [2.45, 2.75) is 25.7 Å². The molecule has 0 aliphatic rings. The van der Waals surface area contributed by atoms with Crippen LogP contribution in [0.5, 0.6) is 0 Å². The highest BCUT2D eigenvalue weighted by Gasteiger charge is 2.15. The number of likely N-dealkylation sites (N-methyl/N-ethyl adjacent to an activating group) is 1. The number of carboxylic acid groups (broad SMARTS) is 1. The van der Waals surface area contributed by atoms with Crippen LogP contribution in [0.3, 0.4) is 0 Å². The molecule has 3 N–H and O–H groups in total. The first-order valence-corrected chi connectivity index (χ1v) is 6.39. The van der Waals surface area contributed by atoms with Crippen molar-refractivity contribution in [3.63, 3.8) is 0 Å². The summed E-state index contributed by atoms with van der Waals surface area (Å²) in [5.41, 5.74) is 6.60. The highest BCUT2D eigenvalue weighted by molar-refractivity contribution is 5.68. The third kappa shape index (κ3) is 4.87. The first-order valence-electron chi connectivity index (χ1n) is 6.39. The molecule has 5 heteroatoms. The van der Waals surface area contributed by atoms with Gasteiger partial charge in [0.25, 0.3) is 0 Å². The standard InChI is InChI=1S/C14H21FN2O2/c1-3-10(6-7-17(2)9-14(18)19)12-5-4-11(16)8-13(12)15/h4-5,8,10H,3,6-7,9,16H2,1-2H3,(H,18,19). The first kappa shape index (κ1) is 15.4. The number of carbonyl (C=O) groups is 1. The van der Waals surface area contributed by atoms with Crippen LogP contribution in [0, 0.1) is 5.82 Å². The molecule has 0 saturated carbocycles. The van der Waals surface area contributed by atoms with Gasteiger partial charge in [-0.2, -0.15) is 0 Å². The summed E-state index contributed by atoms with van der Waals surface area (Å²) >= 11 is 0. The van der Waals surface area contributed by atoms with E-state index in [1.54, 1.807) is 24.1 Å². The maximum Gasteiger partial charge on any atom is 0.317 e. The summed E-state index contributed by atoms with van der Waals surface area (Å²) in [4.78, 5) is 12.3. The Morgan fingerprint density at radius 1 is 1.53 bits per heavy atom. The van der Waals surface area contributed by atoms with Gasteiger partial charge in [-0.05, 0) is 50.0 Å². The molecule has 0 aliphatic carbocycles. The van der Waals surface area contributed by atoms with Crippen LogP contribution in [0.1, 0.15) is 31.2 Å². The summed E-state index contributed by atoms with van der Waals surface area (Å²) < 4.78 is 13.8. The molecule has 0 spiro atoms. The molecule has 0 heterocycles. The minimum absolute atomic E-state index is 0.000649. The van der Waals surface area contributed by atoms with Gasteiger partial charge >= 0.3 is 5.97 Å². The van der Waals surface area contributed by atoms with Gasteiger partial charge in [0.15, 0.2) is 0 Å². The fourth-order valence-electron chi connectivity index (χ4n) is 2.14. The number of anilines is 1. The van der Waals surface area contributed by atoms with Gasteiger partial charge in [-0.1, -0.05) is 13.0 Å². The van der Waals surface area contributed by atoms with E-state index in [0.717, 1.165) is 12.8 Å². The lowest BCUT2D eigenvalue weighted by molar-refractivity contribution is -0.138. The summed E-state index contributed by atoms with van der Waals surface area (Å²) in [5, 5.41) is 8.68. The average molecular weight is 268 g/mol. The Kier molecular flexibility index (Phi) is 5.76. The molecule has 0 saturated heterocycles. The van der Waals surface area contributed by atoms with E-state index < -0.39 is 5.97 Å². The number of halogens is 1. The number of aliphatic carboxylic acids is 1. The van der Waals surface area contributed by atoms with Crippen molar-refractivity contribution in [1.82, 2.24) is 4.90 Å². The monoisotopic (exact) mass is 268 g/mol. The maximum absolute atomic E-state index is 13.8. The van der Waals surface area contributed by atoms with Gasteiger partial charge in [-0.25, -0.2) is 4.39 Å². The number of carboxylic acids is 1. The highest BCUT2D eigenvalue weighted by Crippen LogP contribution is 2.27. The molecule has 0 aromatic heterocycles. The van der Waals surface area contributed by atoms with E-state index in [1.165, 1.54) is 6.07 Å². The van der Waals surface area contributed by atoms with E-state index >= 15 is 0 Å². The molecule has 1 atom stereocenters. The number of hydrogen-bond acceptors (Lipinski definition) is 3. The van der Waals surface area contributed by atoms with Crippen LogP contribution in [-0.2, 0) is 4.79 Å². The minimum atomic E-state index is -0.853. The Bertz CT molecular complexity index is 437. The van der Waals surface area contributed by atoms with E-state index in [1.807, 2.05) is 6.92 Å². The second-order valence-corrected chi connectivity index (χ2v) is 4.81. The van der Waals surface area contributed by atoms with E-state index in [4.69, 9.17) is 10.8 Å². The Balaban J connectivity index is 2.65. The zero-order chi connectivity index (χ0) is 14.4. The molecular weight excluding hydrogens is 247 g/mol. The van der Waals surface area contributed by atoms with Crippen LogP contribution in [0.4, 0.5) is 10.1 Å². The predicted molar refractivity (Wildman–Crippen MR) is 73.6 cm³/mol. The quantitative estimate of drug-likeness (QED) is 0.745. The third-order valence-corrected chi connectivity index (χ3v) is 3.22. The zero-order valence-electron chi connectivity index (χ0n) is 11.4. The van der Waals surface area contributed by atoms with E-state index in [2.05, 4.69) is 0 Å². The Morgan fingerprint density at radius 3 is 2.74 bits per heavy atom. The van der Waals surface area contributed by atoms with Gasteiger partial charge in [0.2, 0.25) is 0 Å². The molecule has 1 aromatic carbocycles. The normalized spacial score (nSPS) is 12.6. The number of nitrogen functional groups attached to an aromatic ring is 1. The van der Waals surface area contributed by atoms with Crippen molar-refractivity contribution in [2.24, 2.45) is 0 Å². The van der Waals surface area contributed by atoms with Crippen molar-refractivity contribution in [1.29, 1.82) is 0 Å². The van der Waals surface area contributed by atoms with Crippen LogP contribution in [0.25, 0.3) is 0 Å². The summed E-state index contributed by atoms with van der Waals surface area (Å²) in [6.45, 7) is 2.62. The second-order valence-electron chi connectivity index (χ2n) is 4.81. The molecule has 1 unspecified atom stereocenters. The molecule has 106 valence electrons. The van der Waals surface area contributed by atoms with Crippen LogP contribution < -0.4 is 5.73 Å². The van der Waals surface area contributed by atoms with Gasteiger partial charge < -0.3 is 10.8 Å². The van der Waals surface area contributed by atoms with Crippen molar-refractivity contribution >= 4 is 11.7 Å². The average Bonchev–Trinajstić information content (AvgIpc) is 2.31. The third-order valence-electron chi connectivity index (χ3n) is 3.22. The number of benzene rings is 1. The van der Waals surface area contributed by atoms with E-state index in [0.29, 0.717) is 17.8 Å². The van der Waals surface area contributed by atoms with Gasteiger partial charge in [-0.3, -0.25) is 9.69 Å². The molecule has 19 heavy (non-hydrogen) atoms. The molecule has 1 aromatic rings. The van der Waals surface area contributed by atoms with Crippen molar-refractivity contribution < 1.29 is 14.3 Å². The summed E-state index contributed by atoms with van der Waals surface area (Å²) in [6, 6.07) is 4.75. The summed E-state index contributed by atoms with van der Waals surface area (Å²) in [6.07, 6.45) is 1.53. The van der Waals surface area contributed by atoms with Crippen molar-refractivity contribution in [3.8, 4) is 0 Å². The lowest BCUT2D eigenvalue weighted by Crippen LogP contribution is -2.27. The number of nitrogens with two attached hydrogens (primary N) is 1. The molecular formula is C14H21FN2O2. The predicted octanol–water partition coefficient (Wildman–Crippen LogP) is 2.31. The minimum Gasteiger partial charge on any atom is -0.480 e. The number of nitrogens with zero attached hydrogens (tertiary/aromatic N) is 1. The fourth-order valence-corrected chi connectivity index (χ4v) is 2.14.